The molecule has 1 aliphatic rings. The summed E-state index contributed by atoms with van der Waals surface area (Å²) < 4.78 is 13.5. The Morgan fingerprint density at radius 3 is 2.90 bits per heavy atom. The maximum absolute atomic E-state index is 13.5. The van der Waals surface area contributed by atoms with Crippen molar-refractivity contribution in [1.29, 1.82) is 0 Å². The van der Waals surface area contributed by atoms with E-state index in [1.54, 1.807) is 12.1 Å². The largest absolute Gasteiger partial charge is 0.311 e. The van der Waals surface area contributed by atoms with Gasteiger partial charge in [0.1, 0.15) is 5.82 Å². The lowest BCUT2D eigenvalue weighted by atomic mass is 9.95. The highest BCUT2D eigenvalue weighted by Crippen LogP contribution is 2.20. The van der Waals surface area contributed by atoms with Crippen LogP contribution in [0.5, 0.6) is 0 Å². The molecule has 0 spiro atoms. The van der Waals surface area contributed by atoms with Crippen molar-refractivity contribution in [3.63, 3.8) is 0 Å². The first-order valence-corrected chi connectivity index (χ1v) is 7.80. The summed E-state index contributed by atoms with van der Waals surface area (Å²) in [6, 6.07) is 6.10. The van der Waals surface area contributed by atoms with Crippen LogP contribution in [0.2, 0.25) is 5.02 Å². The SMILES string of the molecule is CCC(C)C1CN(Cc2ccc(Cl)c(F)c2)C(C)CN1. The summed E-state index contributed by atoms with van der Waals surface area (Å²) in [5.41, 5.74) is 0.989. The molecule has 0 radical (unpaired) electrons. The third-order valence-corrected chi connectivity index (χ3v) is 4.74. The molecule has 1 heterocycles. The fourth-order valence-electron chi connectivity index (χ4n) is 2.71. The van der Waals surface area contributed by atoms with Crippen LogP contribution < -0.4 is 5.32 Å². The van der Waals surface area contributed by atoms with E-state index in [0.29, 0.717) is 18.0 Å². The van der Waals surface area contributed by atoms with Crippen molar-refractivity contribution in [2.45, 2.75) is 45.8 Å². The van der Waals surface area contributed by atoms with Crippen LogP contribution in [0.25, 0.3) is 0 Å². The van der Waals surface area contributed by atoms with Gasteiger partial charge in [0.15, 0.2) is 0 Å². The van der Waals surface area contributed by atoms with E-state index in [1.807, 2.05) is 6.07 Å². The van der Waals surface area contributed by atoms with Gasteiger partial charge in [-0.15, -0.1) is 0 Å². The lowest BCUT2D eigenvalue weighted by Gasteiger charge is -2.41. The standard InChI is InChI=1S/C16H24ClFN2/c1-4-11(2)16-10-20(12(3)8-19-16)9-13-5-6-14(17)15(18)7-13/h5-7,11-12,16,19H,4,8-10H2,1-3H3. The summed E-state index contributed by atoms with van der Waals surface area (Å²) >= 11 is 5.74. The number of hydrogen-bond donors (Lipinski definition) is 1. The molecule has 112 valence electrons. The molecule has 0 saturated carbocycles. The molecular formula is C16H24ClFN2. The van der Waals surface area contributed by atoms with E-state index in [1.165, 1.54) is 6.42 Å². The Bertz CT molecular complexity index is 452. The molecule has 2 nitrogen and oxygen atoms in total. The first-order chi connectivity index (χ1) is 9.51. The monoisotopic (exact) mass is 298 g/mol. The number of nitrogens with one attached hydrogen (secondary N) is 1. The van der Waals surface area contributed by atoms with Gasteiger partial charge in [-0.2, -0.15) is 0 Å². The lowest BCUT2D eigenvalue weighted by molar-refractivity contribution is 0.112. The van der Waals surface area contributed by atoms with Gasteiger partial charge in [-0.05, 0) is 30.5 Å². The van der Waals surface area contributed by atoms with Crippen molar-refractivity contribution in [3.8, 4) is 0 Å². The Labute approximate surface area is 126 Å². The summed E-state index contributed by atoms with van der Waals surface area (Å²) in [7, 11) is 0. The Morgan fingerprint density at radius 2 is 2.25 bits per heavy atom. The molecule has 3 atom stereocenters. The molecule has 0 aromatic heterocycles. The van der Waals surface area contributed by atoms with Crippen LogP contribution in [0, 0.1) is 11.7 Å². The number of nitrogens with zero attached hydrogens (tertiary/aromatic N) is 1. The molecule has 0 bridgehead atoms. The quantitative estimate of drug-likeness (QED) is 0.912. The fraction of sp³-hybridized carbons (Fsp3) is 0.625. The third kappa shape index (κ3) is 3.72. The van der Waals surface area contributed by atoms with Crippen LogP contribution in [0.1, 0.15) is 32.8 Å². The van der Waals surface area contributed by atoms with E-state index < -0.39 is 0 Å². The van der Waals surface area contributed by atoms with Gasteiger partial charge in [0.05, 0.1) is 5.02 Å². The minimum atomic E-state index is -0.328. The minimum absolute atomic E-state index is 0.194. The van der Waals surface area contributed by atoms with Crippen LogP contribution in [-0.4, -0.2) is 30.1 Å². The number of hydrogen-bond acceptors (Lipinski definition) is 2. The van der Waals surface area contributed by atoms with Gasteiger partial charge in [0.2, 0.25) is 0 Å². The second-order valence-electron chi connectivity index (χ2n) is 5.93. The summed E-state index contributed by atoms with van der Waals surface area (Å²) in [5, 5.41) is 3.81. The summed E-state index contributed by atoms with van der Waals surface area (Å²) in [4.78, 5) is 2.43. The molecule has 1 fully saturated rings. The molecule has 1 N–H and O–H groups in total. The topological polar surface area (TPSA) is 15.3 Å². The number of rotatable bonds is 4. The maximum atomic E-state index is 13.5. The maximum Gasteiger partial charge on any atom is 0.142 e. The molecule has 1 saturated heterocycles. The van der Waals surface area contributed by atoms with Crippen molar-refractivity contribution in [3.05, 3.63) is 34.6 Å². The zero-order valence-electron chi connectivity index (χ0n) is 12.5. The van der Waals surface area contributed by atoms with Crippen molar-refractivity contribution >= 4 is 11.6 Å². The molecular weight excluding hydrogens is 275 g/mol. The van der Waals surface area contributed by atoms with E-state index in [2.05, 4.69) is 31.0 Å². The lowest BCUT2D eigenvalue weighted by Crippen LogP contribution is -2.56. The van der Waals surface area contributed by atoms with E-state index in [9.17, 15) is 4.39 Å². The molecule has 2 rings (SSSR count). The predicted molar refractivity (Wildman–Crippen MR) is 82.5 cm³/mol. The molecule has 20 heavy (non-hydrogen) atoms. The van der Waals surface area contributed by atoms with Crippen molar-refractivity contribution in [2.24, 2.45) is 5.92 Å². The predicted octanol–water partition coefficient (Wildman–Crippen LogP) is 3.69. The van der Waals surface area contributed by atoms with Crippen LogP contribution in [0.3, 0.4) is 0 Å². The zero-order valence-corrected chi connectivity index (χ0v) is 13.3. The molecule has 1 aromatic rings. The van der Waals surface area contributed by atoms with Crippen LogP contribution >= 0.6 is 11.6 Å². The molecule has 1 aromatic carbocycles. The zero-order chi connectivity index (χ0) is 14.7. The van der Waals surface area contributed by atoms with E-state index in [4.69, 9.17) is 11.6 Å². The van der Waals surface area contributed by atoms with Crippen molar-refractivity contribution in [2.75, 3.05) is 13.1 Å². The highest BCUT2D eigenvalue weighted by molar-refractivity contribution is 6.30. The van der Waals surface area contributed by atoms with Crippen molar-refractivity contribution in [1.82, 2.24) is 10.2 Å². The number of halogens is 2. The van der Waals surface area contributed by atoms with Crippen LogP contribution in [-0.2, 0) is 6.54 Å². The Hall–Kier alpha value is -0.640. The second kappa shape index (κ2) is 6.88. The van der Waals surface area contributed by atoms with Gasteiger partial charge >= 0.3 is 0 Å². The summed E-state index contributed by atoms with van der Waals surface area (Å²) in [5.74, 6) is 0.331. The van der Waals surface area contributed by atoms with Crippen LogP contribution in [0.4, 0.5) is 4.39 Å². The van der Waals surface area contributed by atoms with Gasteiger partial charge in [0, 0.05) is 31.7 Å². The normalized spacial score (nSPS) is 25.6. The Kier molecular flexibility index (Phi) is 5.42. The second-order valence-corrected chi connectivity index (χ2v) is 6.33. The van der Waals surface area contributed by atoms with Gasteiger partial charge in [-0.1, -0.05) is 37.9 Å². The summed E-state index contributed by atoms with van der Waals surface area (Å²) in [6.07, 6.45) is 1.18. The van der Waals surface area contributed by atoms with Gasteiger partial charge in [-0.25, -0.2) is 4.39 Å². The van der Waals surface area contributed by atoms with Gasteiger partial charge < -0.3 is 5.32 Å². The van der Waals surface area contributed by atoms with Crippen molar-refractivity contribution < 1.29 is 4.39 Å². The minimum Gasteiger partial charge on any atom is -0.311 e. The average Bonchev–Trinajstić information content (AvgIpc) is 2.44. The van der Waals surface area contributed by atoms with E-state index >= 15 is 0 Å². The molecule has 3 unspecified atom stereocenters. The van der Waals surface area contributed by atoms with Gasteiger partial charge in [0.25, 0.3) is 0 Å². The van der Waals surface area contributed by atoms with E-state index in [-0.39, 0.29) is 10.8 Å². The fourth-order valence-corrected chi connectivity index (χ4v) is 2.82. The smallest absolute Gasteiger partial charge is 0.142 e. The number of benzene rings is 1. The molecule has 4 heteroatoms. The molecule has 0 aliphatic carbocycles. The van der Waals surface area contributed by atoms with Crippen LogP contribution in [0.15, 0.2) is 18.2 Å². The number of piperazine rings is 1. The first kappa shape index (κ1) is 15.7. The Morgan fingerprint density at radius 1 is 1.50 bits per heavy atom. The highest BCUT2D eigenvalue weighted by Gasteiger charge is 2.27. The summed E-state index contributed by atoms with van der Waals surface area (Å²) in [6.45, 7) is 9.51. The molecule has 1 aliphatic heterocycles. The van der Waals surface area contributed by atoms with E-state index in [0.717, 1.165) is 25.2 Å². The third-order valence-electron chi connectivity index (χ3n) is 4.43. The molecule has 0 amide bonds. The Balaban J connectivity index is 2.04. The van der Waals surface area contributed by atoms with Gasteiger partial charge in [-0.3, -0.25) is 4.90 Å². The average molecular weight is 299 g/mol. The highest BCUT2D eigenvalue weighted by atomic mass is 35.5. The first-order valence-electron chi connectivity index (χ1n) is 7.42.